The molecule has 4 bridgehead atoms. The first-order chi connectivity index (χ1) is 28.7. The number of nitrogens with zero attached hydrogens (tertiary/aromatic N) is 1. The predicted molar refractivity (Wildman–Crippen MR) is 248 cm³/mol. The Morgan fingerprint density at radius 1 is 0.424 bits per heavy atom. The molecule has 7 aromatic rings. The fraction of sp³-hybridized carbons (Fsp3) is 0.310. The first kappa shape index (κ1) is 35.5. The van der Waals surface area contributed by atoms with Gasteiger partial charge in [-0.1, -0.05) is 143 Å². The molecule has 1 nitrogen and oxygen atoms in total. The van der Waals surface area contributed by atoms with Crippen molar-refractivity contribution in [3.63, 3.8) is 0 Å². The Morgan fingerprint density at radius 2 is 1.02 bits per heavy atom. The van der Waals surface area contributed by atoms with Gasteiger partial charge in [0.25, 0.3) is 0 Å². The van der Waals surface area contributed by atoms with E-state index in [1.54, 1.807) is 11.1 Å². The third-order valence-electron chi connectivity index (χ3n) is 16.3. The highest BCUT2D eigenvalue weighted by atomic mass is 15.1. The lowest BCUT2D eigenvalue weighted by Gasteiger charge is -2.61. The van der Waals surface area contributed by atoms with Crippen molar-refractivity contribution in [1.82, 2.24) is 0 Å². The van der Waals surface area contributed by atoms with Gasteiger partial charge in [-0.05, 0) is 182 Å². The molecule has 0 N–H and O–H groups in total. The van der Waals surface area contributed by atoms with Crippen molar-refractivity contribution in [2.45, 2.75) is 88.9 Å². The highest BCUT2D eigenvalue weighted by Crippen LogP contribution is 2.69. The van der Waals surface area contributed by atoms with Gasteiger partial charge in [0.1, 0.15) is 0 Å². The largest absolute Gasteiger partial charge is 0.310 e. The van der Waals surface area contributed by atoms with Crippen LogP contribution in [0.4, 0.5) is 17.1 Å². The Morgan fingerprint density at radius 3 is 1.83 bits per heavy atom. The Hall–Kier alpha value is -5.40. The van der Waals surface area contributed by atoms with E-state index in [9.17, 15) is 0 Å². The standard InChI is InChI=1S/C58H55N/c1-56(2)28-29-57(3,4)55-49(19-11-21-53(55)56)41-14-9-15-45(35-41)59(44-24-22-40(23-25-44)48-18-10-13-39-12-5-6-16-47(39)48)46-26-27-51-50-17-7-8-20-52(50)58(54(51)36-46)42-31-37-30-38(33-42)34-43(58)32-37/h5-27,35-38,42-43H,28-34H2,1-4H3. The number of fused-ring (bicyclic) bond motifs is 5. The predicted octanol–water partition coefficient (Wildman–Crippen LogP) is 15.7. The monoisotopic (exact) mass is 765 g/mol. The number of hydrogen-bond acceptors (Lipinski definition) is 1. The van der Waals surface area contributed by atoms with Crippen molar-refractivity contribution in [2.24, 2.45) is 23.7 Å². The fourth-order valence-electron chi connectivity index (χ4n) is 13.8. The molecule has 0 saturated heterocycles. The molecular weight excluding hydrogens is 711 g/mol. The fourth-order valence-corrected chi connectivity index (χ4v) is 13.8. The maximum absolute atomic E-state index is 2.65. The minimum atomic E-state index is 0.108. The van der Waals surface area contributed by atoms with Crippen LogP contribution < -0.4 is 4.90 Å². The van der Waals surface area contributed by atoms with Crippen molar-refractivity contribution >= 4 is 27.8 Å². The maximum Gasteiger partial charge on any atom is 0.0467 e. The normalized spacial score (nSPS) is 25.2. The van der Waals surface area contributed by atoms with Crippen LogP contribution in [-0.4, -0.2) is 0 Å². The molecule has 4 saturated carbocycles. The Labute approximate surface area is 351 Å². The molecule has 0 radical (unpaired) electrons. The van der Waals surface area contributed by atoms with Crippen molar-refractivity contribution in [2.75, 3.05) is 4.90 Å². The summed E-state index contributed by atoms with van der Waals surface area (Å²) in [7, 11) is 0. The summed E-state index contributed by atoms with van der Waals surface area (Å²) in [6, 6.07) is 58.5. The molecule has 1 spiro atoms. The van der Waals surface area contributed by atoms with Crippen LogP contribution in [0.15, 0.2) is 152 Å². The van der Waals surface area contributed by atoms with E-state index >= 15 is 0 Å². The van der Waals surface area contributed by atoms with Gasteiger partial charge in [0.05, 0.1) is 0 Å². The lowest BCUT2D eigenvalue weighted by atomic mass is 9.43. The van der Waals surface area contributed by atoms with Gasteiger partial charge >= 0.3 is 0 Å². The van der Waals surface area contributed by atoms with E-state index in [2.05, 4.69) is 184 Å². The van der Waals surface area contributed by atoms with Crippen molar-refractivity contribution < 1.29 is 0 Å². The van der Waals surface area contributed by atoms with Crippen molar-refractivity contribution in [3.8, 4) is 33.4 Å². The summed E-state index contributed by atoms with van der Waals surface area (Å²) in [6.07, 6.45) is 9.44. The van der Waals surface area contributed by atoms with E-state index in [1.165, 1.54) is 117 Å². The highest BCUT2D eigenvalue weighted by Gasteiger charge is 2.61. The zero-order chi connectivity index (χ0) is 39.7. The van der Waals surface area contributed by atoms with E-state index in [-0.39, 0.29) is 16.2 Å². The first-order valence-electron chi connectivity index (χ1n) is 22.6. The van der Waals surface area contributed by atoms with Crippen LogP contribution in [0.5, 0.6) is 0 Å². The molecule has 6 aliphatic carbocycles. The maximum atomic E-state index is 2.65. The van der Waals surface area contributed by atoms with Gasteiger partial charge in [-0.2, -0.15) is 0 Å². The van der Waals surface area contributed by atoms with Crippen LogP contribution in [0.1, 0.15) is 94.9 Å². The van der Waals surface area contributed by atoms with E-state index in [0.717, 1.165) is 23.7 Å². The van der Waals surface area contributed by atoms with Crippen molar-refractivity contribution in [3.05, 3.63) is 174 Å². The van der Waals surface area contributed by atoms with Crippen LogP contribution in [0.2, 0.25) is 0 Å². The van der Waals surface area contributed by atoms with Gasteiger partial charge in [-0.25, -0.2) is 0 Å². The molecule has 0 aliphatic heterocycles. The van der Waals surface area contributed by atoms with Crippen LogP contribution in [0.3, 0.4) is 0 Å². The number of hydrogen-bond donors (Lipinski definition) is 0. The minimum Gasteiger partial charge on any atom is -0.310 e. The van der Waals surface area contributed by atoms with Crippen LogP contribution >= 0.6 is 0 Å². The quantitative estimate of drug-likeness (QED) is 0.169. The number of benzene rings is 7. The summed E-state index contributed by atoms with van der Waals surface area (Å²) in [4.78, 5) is 2.56. The summed E-state index contributed by atoms with van der Waals surface area (Å²) < 4.78 is 0. The number of rotatable bonds is 5. The Balaban J connectivity index is 1.04. The molecule has 13 rings (SSSR count). The lowest BCUT2D eigenvalue weighted by Crippen LogP contribution is -2.55. The second-order valence-corrected chi connectivity index (χ2v) is 20.4. The van der Waals surface area contributed by atoms with Gasteiger partial charge in [0, 0.05) is 22.5 Å². The van der Waals surface area contributed by atoms with Gasteiger partial charge < -0.3 is 4.90 Å². The summed E-state index contributed by atoms with van der Waals surface area (Å²) in [5.74, 6) is 3.29. The second kappa shape index (κ2) is 12.8. The number of anilines is 3. The average molecular weight is 766 g/mol. The van der Waals surface area contributed by atoms with E-state index in [0.29, 0.717) is 0 Å². The molecule has 0 amide bonds. The Kier molecular flexibility index (Phi) is 7.71. The molecule has 292 valence electrons. The smallest absolute Gasteiger partial charge is 0.0467 e. The molecule has 4 fully saturated rings. The van der Waals surface area contributed by atoms with Crippen molar-refractivity contribution in [1.29, 1.82) is 0 Å². The third kappa shape index (κ3) is 5.22. The molecular formula is C58H55N. The van der Waals surface area contributed by atoms with Gasteiger partial charge in [0.2, 0.25) is 0 Å². The van der Waals surface area contributed by atoms with E-state index in [1.807, 2.05) is 0 Å². The zero-order valence-corrected chi connectivity index (χ0v) is 35.1. The lowest BCUT2D eigenvalue weighted by molar-refractivity contribution is -0.0399. The summed E-state index contributed by atoms with van der Waals surface area (Å²) in [6.45, 7) is 9.79. The summed E-state index contributed by atoms with van der Waals surface area (Å²) >= 11 is 0. The van der Waals surface area contributed by atoms with E-state index < -0.39 is 0 Å². The molecule has 59 heavy (non-hydrogen) atoms. The zero-order valence-electron chi connectivity index (χ0n) is 35.1. The van der Waals surface area contributed by atoms with Crippen LogP contribution in [0.25, 0.3) is 44.2 Å². The molecule has 0 aromatic heterocycles. The average Bonchev–Trinajstić information content (AvgIpc) is 3.54. The highest BCUT2D eigenvalue weighted by molar-refractivity contribution is 5.97. The molecule has 1 heteroatoms. The minimum absolute atomic E-state index is 0.108. The first-order valence-corrected chi connectivity index (χ1v) is 22.6. The molecule has 0 heterocycles. The molecule has 0 atom stereocenters. The topological polar surface area (TPSA) is 3.24 Å². The van der Waals surface area contributed by atoms with Crippen LogP contribution in [0, 0.1) is 23.7 Å². The second-order valence-electron chi connectivity index (χ2n) is 20.4. The SMILES string of the molecule is CC1(C)CCC(C)(C)c2c(-c3cccc(N(c4ccc(-c5cccc6ccccc56)cc4)c4ccc5c(c4)C4(c6ccccc6-5)C5CC6CC(C5)CC4C6)c3)cccc21. The van der Waals surface area contributed by atoms with Gasteiger partial charge in [-0.15, -0.1) is 0 Å². The van der Waals surface area contributed by atoms with Gasteiger partial charge in [-0.3, -0.25) is 0 Å². The summed E-state index contributed by atoms with van der Waals surface area (Å²) in [5, 5.41) is 2.57. The van der Waals surface area contributed by atoms with Gasteiger partial charge in [0.15, 0.2) is 0 Å². The Bertz CT molecular complexity index is 2770. The molecule has 0 unspecified atom stereocenters. The molecule has 6 aliphatic rings. The molecule has 7 aromatic carbocycles. The third-order valence-corrected chi connectivity index (χ3v) is 16.3. The van der Waals surface area contributed by atoms with Crippen LogP contribution in [-0.2, 0) is 16.2 Å². The summed E-state index contributed by atoms with van der Waals surface area (Å²) in [5.41, 5.74) is 18.5. The van der Waals surface area contributed by atoms with E-state index in [4.69, 9.17) is 0 Å².